The Morgan fingerprint density at radius 1 is 0.760 bits per heavy atom. The Bertz CT molecular complexity index is 1050. The van der Waals surface area contributed by atoms with E-state index in [9.17, 15) is 0 Å². The van der Waals surface area contributed by atoms with Gasteiger partial charge in [-0.05, 0) is 28.3 Å². The third-order valence-electron chi connectivity index (χ3n) is 4.57. The molecule has 124 valence electrons. The van der Waals surface area contributed by atoms with Gasteiger partial charge in [0.2, 0.25) is 0 Å². The van der Waals surface area contributed by atoms with Gasteiger partial charge in [-0.2, -0.15) is 0 Å². The van der Waals surface area contributed by atoms with Gasteiger partial charge in [-0.3, -0.25) is 0 Å². The highest BCUT2D eigenvalue weighted by Gasteiger charge is 2.11. The van der Waals surface area contributed by atoms with Crippen LogP contribution in [0.2, 0.25) is 0 Å². The van der Waals surface area contributed by atoms with Crippen LogP contribution in [-0.4, -0.2) is 14.2 Å². The van der Waals surface area contributed by atoms with Gasteiger partial charge in [0.25, 0.3) is 0 Å². The monoisotopic (exact) mass is 330 g/mol. The highest BCUT2D eigenvalue weighted by atomic mass is 16.5. The molecule has 1 aromatic heterocycles. The van der Waals surface area contributed by atoms with Gasteiger partial charge in [0, 0.05) is 17.0 Å². The molecule has 0 saturated carbocycles. The number of hydrogen-bond donors (Lipinski definition) is 0. The van der Waals surface area contributed by atoms with Gasteiger partial charge in [0.1, 0.15) is 0 Å². The summed E-state index contributed by atoms with van der Waals surface area (Å²) in [5, 5.41) is 4.82. The van der Waals surface area contributed by atoms with Gasteiger partial charge in [0.05, 0.1) is 14.2 Å². The molecule has 0 bridgehead atoms. The van der Waals surface area contributed by atoms with Crippen molar-refractivity contribution in [3.05, 3.63) is 78.6 Å². The minimum absolute atomic E-state index is 0.748. The molecule has 0 atom stereocenters. The molecule has 4 rings (SSSR count). The lowest BCUT2D eigenvalue weighted by molar-refractivity contribution is -0.686. The zero-order valence-electron chi connectivity index (χ0n) is 14.4. The summed E-state index contributed by atoms with van der Waals surface area (Å²) in [7, 11) is 3.32. The van der Waals surface area contributed by atoms with E-state index in [0.717, 1.165) is 28.8 Å². The summed E-state index contributed by atoms with van der Waals surface area (Å²) in [6.07, 6.45) is 4.26. The summed E-state index contributed by atoms with van der Waals surface area (Å²) in [6.45, 7) is 0.825. The van der Waals surface area contributed by atoms with Crippen molar-refractivity contribution in [1.82, 2.24) is 0 Å². The molecule has 4 aromatic rings. The predicted octanol–water partition coefficient (Wildman–Crippen LogP) is 4.35. The van der Waals surface area contributed by atoms with Gasteiger partial charge >= 0.3 is 0 Å². The highest BCUT2D eigenvalue weighted by Crippen LogP contribution is 2.31. The molecule has 25 heavy (non-hydrogen) atoms. The maximum Gasteiger partial charge on any atom is 0.177 e. The highest BCUT2D eigenvalue weighted by molar-refractivity contribution is 5.86. The molecule has 0 aliphatic rings. The first-order valence-corrected chi connectivity index (χ1v) is 8.30. The number of ether oxygens (including phenoxy) is 2. The molecule has 0 saturated heterocycles. The lowest BCUT2D eigenvalue weighted by Crippen LogP contribution is -2.33. The third kappa shape index (κ3) is 2.89. The van der Waals surface area contributed by atoms with Gasteiger partial charge in [0.15, 0.2) is 30.4 Å². The molecule has 3 nitrogen and oxygen atoms in total. The fraction of sp³-hybridized carbons (Fsp3) is 0.136. The fourth-order valence-electron chi connectivity index (χ4n) is 3.29. The normalized spacial score (nSPS) is 11.0. The largest absolute Gasteiger partial charge is 0.493 e. The van der Waals surface area contributed by atoms with E-state index in [2.05, 4.69) is 65.5 Å². The van der Waals surface area contributed by atoms with E-state index < -0.39 is 0 Å². The Labute approximate surface area is 147 Å². The topological polar surface area (TPSA) is 22.3 Å². The molecule has 0 radical (unpaired) electrons. The van der Waals surface area contributed by atoms with Crippen molar-refractivity contribution in [3.63, 3.8) is 0 Å². The van der Waals surface area contributed by atoms with Crippen LogP contribution < -0.4 is 14.0 Å². The first kappa shape index (κ1) is 15.5. The Hall–Kier alpha value is -3.07. The van der Waals surface area contributed by atoms with Crippen LogP contribution in [0.4, 0.5) is 0 Å². The summed E-state index contributed by atoms with van der Waals surface area (Å²) < 4.78 is 13.0. The van der Waals surface area contributed by atoms with Crippen LogP contribution in [0.1, 0.15) is 5.56 Å². The van der Waals surface area contributed by atoms with E-state index in [-0.39, 0.29) is 0 Å². The molecular weight excluding hydrogens is 310 g/mol. The number of hydrogen-bond acceptors (Lipinski definition) is 2. The predicted molar refractivity (Wildman–Crippen MR) is 100 cm³/mol. The number of aromatic nitrogens is 1. The van der Waals surface area contributed by atoms with Crippen LogP contribution in [0.3, 0.4) is 0 Å². The summed E-state index contributed by atoms with van der Waals surface area (Å²) in [5.41, 5.74) is 1.31. The number of rotatable bonds is 4. The molecule has 3 aromatic carbocycles. The lowest BCUT2D eigenvalue weighted by Gasteiger charge is -2.09. The Kier molecular flexibility index (Phi) is 3.98. The fourth-order valence-corrected chi connectivity index (χ4v) is 3.29. The molecule has 0 aliphatic carbocycles. The van der Waals surface area contributed by atoms with Crippen molar-refractivity contribution in [2.24, 2.45) is 0 Å². The smallest absolute Gasteiger partial charge is 0.177 e. The molecule has 0 amide bonds. The second kappa shape index (κ2) is 6.44. The molecule has 1 heterocycles. The van der Waals surface area contributed by atoms with E-state index in [4.69, 9.17) is 9.47 Å². The Balaban J connectivity index is 1.76. The van der Waals surface area contributed by atoms with E-state index >= 15 is 0 Å². The van der Waals surface area contributed by atoms with Crippen molar-refractivity contribution in [3.8, 4) is 11.5 Å². The summed E-state index contributed by atoms with van der Waals surface area (Å²) >= 11 is 0. The van der Waals surface area contributed by atoms with Crippen LogP contribution in [0.15, 0.2) is 73.1 Å². The van der Waals surface area contributed by atoms with Crippen LogP contribution in [0.5, 0.6) is 11.5 Å². The van der Waals surface area contributed by atoms with Gasteiger partial charge < -0.3 is 9.47 Å². The lowest BCUT2D eigenvalue weighted by atomic mass is 10.0. The maximum atomic E-state index is 5.43. The van der Waals surface area contributed by atoms with Crippen molar-refractivity contribution in [1.29, 1.82) is 0 Å². The number of methoxy groups -OCH3 is 2. The second-order valence-electron chi connectivity index (χ2n) is 6.09. The molecule has 3 heteroatoms. The van der Waals surface area contributed by atoms with Crippen molar-refractivity contribution >= 4 is 21.5 Å². The molecule has 0 N–H and O–H groups in total. The van der Waals surface area contributed by atoms with Crippen molar-refractivity contribution < 1.29 is 14.0 Å². The van der Waals surface area contributed by atoms with Gasteiger partial charge in [-0.1, -0.05) is 42.5 Å². The molecule has 0 aliphatic heterocycles. The van der Waals surface area contributed by atoms with Crippen LogP contribution in [0, 0.1) is 0 Å². The van der Waals surface area contributed by atoms with E-state index in [1.807, 2.05) is 12.1 Å². The SMILES string of the molecule is COc1cc2cc[n+](Cc3cccc4ccccc34)cc2cc1OC. The molecule has 0 spiro atoms. The summed E-state index contributed by atoms with van der Waals surface area (Å²) in [4.78, 5) is 0. The zero-order valence-corrected chi connectivity index (χ0v) is 14.4. The van der Waals surface area contributed by atoms with E-state index in [1.165, 1.54) is 16.3 Å². The summed E-state index contributed by atoms with van der Waals surface area (Å²) in [6, 6.07) is 21.1. The Morgan fingerprint density at radius 3 is 2.28 bits per heavy atom. The first-order chi connectivity index (χ1) is 12.3. The number of benzene rings is 3. The average molecular weight is 330 g/mol. The molecule has 0 fully saturated rings. The second-order valence-corrected chi connectivity index (χ2v) is 6.09. The van der Waals surface area contributed by atoms with Crippen molar-refractivity contribution in [2.45, 2.75) is 6.54 Å². The number of pyridine rings is 1. The van der Waals surface area contributed by atoms with E-state index in [1.54, 1.807) is 14.2 Å². The van der Waals surface area contributed by atoms with E-state index in [0.29, 0.717) is 0 Å². The molecule has 0 unspecified atom stereocenters. The van der Waals surface area contributed by atoms with Crippen LogP contribution in [0.25, 0.3) is 21.5 Å². The minimum atomic E-state index is 0.748. The van der Waals surface area contributed by atoms with Crippen LogP contribution in [-0.2, 0) is 6.54 Å². The number of nitrogens with zero attached hydrogens (tertiary/aromatic N) is 1. The minimum Gasteiger partial charge on any atom is -0.493 e. The third-order valence-corrected chi connectivity index (χ3v) is 4.57. The van der Waals surface area contributed by atoms with Crippen LogP contribution >= 0.6 is 0 Å². The van der Waals surface area contributed by atoms with Crippen molar-refractivity contribution in [2.75, 3.05) is 14.2 Å². The van der Waals surface area contributed by atoms with Gasteiger partial charge in [-0.25, -0.2) is 4.57 Å². The maximum absolute atomic E-state index is 5.43. The zero-order chi connectivity index (χ0) is 17.2. The average Bonchev–Trinajstić information content (AvgIpc) is 2.67. The summed E-state index contributed by atoms with van der Waals surface area (Å²) in [5.74, 6) is 1.50. The quantitative estimate of drug-likeness (QED) is 0.519. The number of fused-ring (bicyclic) bond motifs is 2. The molecular formula is C22H20NO2+. The first-order valence-electron chi connectivity index (χ1n) is 8.30. The van der Waals surface area contributed by atoms with Gasteiger partial charge in [-0.15, -0.1) is 0 Å². The standard InChI is InChI=1S/C22H20NO2/c1-24-21-12-17-10-11-23(15-19(17)13-22(21)25-2)14-18-8-5-7-16-6-3-4-9-20(16)18/h3-13,15H,14H2,1-2H3/q+1. The Morgan fingerprint density at radius 2 is 1.48 bits per heavy atom.